The highest BCUT2D eigenvalue weighted by atomic mass is 32.1. The standard InChI is InChI=1S/C16H17N3O3S/c1-12-5-2-3-7-14(12)22-11-16(21)17-10-15(20)19-18-9-13-6-4-8-23-13/h2-9H,10-11H2,1H3,(H,17,21)(H,19,20). The highest BCUT2D eigenvalue weighted by molar-refractivity contribution is 7.11. The molecule has 0 bridgehead atoms. The third kappa shape index (κ3) is 5.91. The first-order valence-corrected chi connectivity index (χ1v) is 7.83. The van der Waals surface area contributed by atoms with Crippen LogP contribution in [0.5, 0.6) is 5.75 Å². The lowest BCUT2D eigenvalue weighted by Crippen LogP contribution is -2.37. The van der Waals surface area contributed by atoms with Crippen LogP contribution in [0.2, 0.25) is 0 Å². The van der Waals surface area contributed by atoms with Gasteiger partial charge in [-0.1, -0.05) is 24.3 Å². The number of aryl methyl sites for hydroxylation is 1. The van der Waals surface area contributed by atoms with Crippen LogP contribution in [-0.4, -0.2) is 31.2 Å². The van der Waals surface area contributed by atoms with E-state index in [0.717, 1.165) is 10.4 Å². The molecule has 23 heavy (non-hydrogen) atoms. The highest BCUT2D eigenvalue weighted by Gasteiger charge is 2.06. The second-order valence-electron chi connectivity index (χ2n) is 4.64. The molecule has 0 saturated heterocycles. The van der Waals surface area contributed by atoms with E-state index in [1.54, 1.807) is 12.3 Å². The van der Waals surface area contributed by atoms with Gasteiger partial charge in [-0.05, 0) is 30.0 Å². The average molecular weight is 331 g/mol. The van der Waals surface area contributed by atoms with Crippen molar-refractivity contribution in [3.63, 3.8) is 0 Å². The van der Waals surface area contributed by atoms with E-state index >= 15 is 0 Å². The Kier molecular flexibility index (Phi) is 6.31. The molecule has 0 aliphatic heterocycles. The third-order valence-electron chi connectivity index (χ3n) is 2.82. The normalized spacial score (nSPS) is 10.5. The first-order valence-electron chi connectivity index (χ1n) is 6.95. The largest absolute Gasteiger partial charge is 0.484 e. The van der Waals surface area contributed by atoms with Crippen molar-refractivity contribution in [1.82, 2.24) is 10.7 Å². The smallest absolute Gasteiger partial charge is 0.259 e. The Bertz CT molecular complexity index is 684. The topological polar surface area (TPSA) is 79.8 Å². The van der Waals surface area contributed by atoms with Crippen molar-refractivity contribution in [2.75, 3.05) is 13.2 Å². The van der Waals surface area contributed by atoms with Gasteiger partial charge >= 0.3 is 0 Å². The van der Waals surface area contributed by atoms with E-state index in [2.05, 4.69) is 15.8 Å². The fraction of sp³-hybridized carbons (Fsp3) is 0.188. The second kappa shape index (κ2) is 8.70. The van der Waals surface area contributed by atoms with Gasteiger partial charge < -0.3 is 10.1 Å². The minimum atomic E-state index is -0.401. The van der Waals surface area contributed by atoms with Crippen LogP contribution in [0.25, 0.3) is 0 Å². The Hall–Kier alpha value is -2.67. The highest BCUT2D eigenvalue weighted by Crippen LogP contribution is 2.15. The number of hydrogen-bond donors (Lipinski definition) is 2. The van der Waals surface area contributed by atoms with E-state index in [9.17, 15) is 9.59 Å². The first kappa shape index (κ1) is 16.7. The Labute approximate surface area is 138 Å². The summed E-state index contributed by atoms with van der Waals surface area (Å²) in [5, 5.41) is 8.18. The number of hydrogen-bond acceptors (Lipinski definition) is 5. The summed E-state index contributed by atoms with van der Waals surface area (Å²) < 4.78 is 5.39. The Balaban J connectivity index is 1.66. The SMILES string of the molecule is Cc1ccccc1OCC(=O)NCC(=O)NN=Cc1cccs1. The number of nitrogens with zero attached hydrogens (tertiary/aromatic N) is 1. The molecule has 2 aromatic rings. The summed E-state index contributed by atoms with van der Waals surface area (Å²) in [7, 11) is 0. The molecule has 0 saturated carbocycles. The summed E-state index contributed by atoms with van der Waals surface area (Å²) in [5.74, 6) is -0.125. The molecule has 0 atom stereocenters. The van der Waals surface area contributed by atoms with Crippen molar-refractivity contribution < 1.29 is 14.3 Å². The van der Waals surface area contributed by atoms with Crippen molar-refractivity contribution in [1.29, 1.82) is 0 Å². The number of ether oxygens (including phenoxy) is 1. The third-order valence-corrected chi connectivity index (χ3v) is 3.63. The molecule has 1 aromatic carbocycles. The molecule has 120 valence electrons. The molecule has 0 radical (unpaired) electrons. The zero-order valence-corrected chi connectivity index (χ0v) is 13.4. The number of nitrogens with one attached hydrogen (secondary N) is 2. The van der Waals surface area contributed by atoms with Gasteiger partial charge in [-0.3, -0.25) is 9.59 Å². The quantitative estimate of drug-likeness (QED) is 0.599. The van der Waals surface area contributed by atoms with Crippen LogP contribution in [0.3, 0.4) is 0 Å². The number of rotatable bonds is 7. The van der Waals surface area contributed by atoms with Crippen LogP contribution in [0, 0.1) is 6.92 Å². The molecular weight excluding hydrogens is 314 g/mol. The van der Waals surface area contributed by atoms with Crippen LogP contribution >= 0.6 is 11.3 Å². The summed E-state index contributed by atoms with van der Waals surface area (Å²) in [4.78, 5) is 24.1. The van der Waals surface area contributed by atoms with Gasteiger partial charge in [0.1, 0.15) is 5.75 Å². The maximum Gasteiger partial charge on any atom is 0.259 e. The number of thiophene rings is 1. The number of hydrazone groups is 1. The maximum absolute atomic E-state index is 11.6. The summed E-state index contributed by atoms with van der Waals surface area (Å²) in [6, 6.07) is 11.2. The molecule has 2 rings (SSSR count). The summed E-state index contributed by atoms with van der Waals surface area (Å²) in [6.45, 7) is 1.60. The van der Waals surface area contributed by atoms with Crippen LogP contribution in [0.4, 0.5) is 0 Å². The van der Waals surface area contributed by atoms with Crippen LogP contribution < -0.4 is 15.5 Å². The fourth-order valence-corrected chi connectivity index (χ4v) is 2.25. The van der Waals surface area contributed by atoms with E-state index in [1.807, 2.05) is 42.6 Å². The van der Waals surface area contributed by atoms with Gasteiger partial charge in [0.15, 0.2) is 6.61 Å². The summed E-state index contributed by atoms with van der Waals surface area (Å²) in [6.07, 6.45) is 1.55. The van der Waals surface area contributed by atoms with Crippen LogP contribution in [-0.2, 0) is 9.59 Å². The van der Waals surface area contributed by atoms with Gasteiger partial charge in [0.05, 0.1) is 12.8 Å². The predicted octanol–water partition coefficient (Wildman–Crippen LogP) is 1.70. The average Bonchev–Trinajstić information content (AvgIpc) is 3.05. The minimum absolute atomic E-state index is 0.142. The molecule has 1 heterocycles. The molecular formula is C16H17N3O3S. The zero-order valence-electron chi connectivity index (χ0n) is 12.6. The Morgan fingerprint density at radius 1 is 1.22 bits per heavy atom. The van der Waals surface area contributed by atoms with Crippen molar-refractivity contribution in [2.45, 2.75) is 6.92 Å². The van der Waals surface area contributed by atoms with Crippen molar-refractivity contribution >= 4 is 29.4 Å². The first-order chi connectivity index (χ1) is 11.1. The molecule has 0 spiro atoms. The van der Waals surface area contributed by atoms with E-state index in [1.165, 1.54) is 11.3 Å². The fourth-order valence-electron chi connectivity index (χ4n) is 1.66. The lowest BCUT2D eigenvalue weighted by Gasteiger charge is -2.08. The maximum atomic E-state index is 11.6. The number of carbonyl (C=O) groups excluding carboxylic acids is 2. The lowest BCUT2D eigenvalue weighted by atomic mass is 10.2. The molecule has 2 N–H and O–H groups in total. The zero-order chi connectivity index (χ0) is 16.5. The molecule has 0 aliphatic rings. The van der Waals surface area contributed by atoms with E-state index < -0.39 is 5.91 Å². The van der Waals surface area contributed by atoms with E-state index in [4.69, 9.17) is 4.74 Å². The summed E-state index contributed by atoms with van der Waals surface area (Å²) in [5.41, 5.74) is 3.29. The molecule has 6 nitrogen and oxygen atoms in total. The molecule has 0 aliphatic carbocycles. The lowest BCUT2D eigenvalue weighted by molar-refractivity contribution is -0.127. The predicted molar refractivity (Wildman–Crippen MR) is 89.7 cm³/mol. The van der Waals surface area contributed by atoms with Gasteiger partial charge in [-0.15, -0.1) is 11.3 Å². The van der Waals surface area contributed by atoms with Gasteiger partial charge in [-0.2, -0.15) is 5.10 Å². The molecule has 7 heteroatoms. The molecule has 0 fully saturated rings. The Morgan fingerprint density at radius 3 is 2.78 bits per heavy atom. The van der Waals surface area contributed by atoms with Crippen LogP contribution in [0.15, 0.2) is 46.9 Å². The van der Waals surface area contributed by atoms with Crippen molar-refractivity contribution in [3.05, 3.63) is 52.2 Å². The van der Waals surface area contributed by atoms with E-state index in [-0.39, 0.29) is 19.1 Å². The van der Waals surface area contributed by atoms with Crippen molar-refractivity contribution in [2.24, 2.45) is 5.10 Å². The number of benzene rings is 1. The molecule has 0 unspecified atom stereocenters. The minimum Gasteiger partial charge on any atom is -0.484 e. The molecule has 1 aromatic heterocycles. The van der Waals surface area contributed by atoms with Gasteiger partial charge in [0, 0.05) is 4.88 Å². The van der Waals surface area contributed by atoms with Gasteiger partial charge in [0.2, 0.25) is 0 Å². The number of amides is 2. The number of carbonyl (C=O) groups is 2. The van der Waals surface area contributed by atoms with Crippen molar-refractivity contribution in [3.8, 4) is 5.75 Å². The second-order valence-corrected chi connectivity index (χ2v) is 5.62. The monoisotopic (exact) mass is 331 g/mol. The molecule has 2 amide bonds. The number of para-hydroxylation sites is 1. The summed E-state index contributed by atoms with van der Waals surface area (Å²) >= 11 is 1.51. The Morgan fingerprint density at radius 2 is 2.04 bits per heavy atom. The van der Waals surface area contributed by atoms with Gasteiger partial charge in [0.25, 0.3) is 11.8 Å². The van der Waals surface area contributed by atoms with E-state index in [0.29, 0.717) is 5.75 Å². The van der Waals surface area contributed by atoms with Gasteiger partial charge in [-0.25, -0.2) is 5.43 Å². The van der Waals surface area contributed by atoms with Crippen LogP contribution in [0.1, 0.15) is 10.4 Å².